The fraction of sp³-hybridized carbons (Fsp3) is 0.588. The largest absolute Gasteiger partial charge is 0.493 e. The average molecular weight is 309 g/mol. The van der Waals surface area contributed by atoms with Crippen LogP contribution in [0.25, 0.3) is 0 Å². The summed E-state index contributed by atoms with van der Waals surface area (Å²) in [6, 6.07) is 5.66. The van der Waals surface area contributed by atoms with E-state index in [2.05, 4.69) is 19.6 Å². The molecule has 3 N–H and O–H groups in total. The highest BCUT2D eigenvalue weighted by Crippen LogP contribution is 2.27. The Labute approximate surface area is 133 Å². The Morgan fingerprint density at radius 3 is 2.45 bits per heavy atom. The van der Waals surface area contributed by atoms with Crippen molar-refractivity contribution in [3.63, 3.8) is 0 Å². The Morgan fingerprint density at radius 2 is 1.91 bits per heavy atom. The molecule has 0 spiro atoms. The van der Waals surface area contributed by atoms with Crippen LogP contribution < -0.4 is 15.2 Å². The van der Waals surface area contributed by atoms with Gasteiger partial charge in [-0.2, -0.15) is 0 Å². The summed E-state index contributed by atoms with van der Waals surface area (Å²) in [4.78, 5) is 14.1. The van der Waals surface area contributed by atoms with E-state index in [4.69, 9.17) is 9.47 Å². The summed E-state index contributed by atoms with van der Waals surface area (Å²) < 4.78 is 10.5. The number of hydrogen-bond donors (Lipinski definition) is 1. The lowest BCUT2D eigenvalue weighted by atomic mass is 9.99. The van der Waals surface area contributed by atoms with Gasteiger partial charge in [0.05, 0.1) is 14.2 Å². The lowest BCUT2D eigenvalue weighted by Gasteiger charge is -2.22. The Hall–Kier alpha value is -1.75. The van der Waals surface area contributed by atoms with Crippen molar-refractivity contribution < 1.29 is 20.0 Å². The predicted molar refractivity (Wildman–Crippen MR) is 87.0 cm³/mol. The first kappa shape index (κ1) is 18.3. The minimum Gasteiger partial charge on any atom is -0.493 e. The van der Waals surface area contributed by atoms with Gasteiger partial charge in [0, 0.05) is 19.5 Å². The molecule has 1 aromatic carbocycles. The standard InChI is InChI=1S/C17H28N2O3/c1-6-12(2)16(18)17(20)19(3)10-9-13-7-8-14(21-4)15(11-13)22-5/h7-8,11-12,16H,6,9-10,18H2,1-5H3/p+1/t12-,16-/m0/s1. The zero-order valence-electron chi connectivity index (χ0n) is 14.4. The molecular weight excluding hydrogens is 280 g/mol. The molecule has 0 bridgehead atoms. The van der Waals surface area contributed by atoms with Gasteiger partial charge in [-0.3, -0.25) is 4.79 Å². The van der Waals surface area contributed by atoms with E-state index in [0.717, 1.165) is 18.4 Å². The zero-order valence-corrected chi connectivity index (χ0v) is 14.4. The number of quaternary nitrogens is 1. The second-order valence-electron chi connectivity index (χ2n) is 5.69. The van der Waals surface area contributed by atoms with Crippen molar-refractivity contribution in [3.05, 3.63) is 23.8 Å². The molecule has 1 rings (SSSR count). The van der Waals surface area contributed by atoms with Gasteiger partial charge in [0.1, 0.15) is 0 Å². The smallest absolute Gasteiger partial charge is 0.280 e. The summed E-state index contributed by atoms with van der Waals surface area (Å²) in [7, 11) is 5.08. The number of likely N-dealkylation sites (N-methyl/N-ethyl adjacent to an activating group) is 1. The summed E-state index contributed by atoms with van der Waals surface area (Å²) in [5.74, 6) is 1.83. The third kappa shape index (κ3) is 4.63. The molecule has 0 saturated heterocycles. The minimum absolute atomic E-state index is 0.106. The van der Waals surface area contributed by atoms with Gasteiger partial charge in [-0.25, -0.2) is 0 Å². The molecule has 0 fully saturated rings. The number of carbonyl (C=O) groups is 1. The molecule has 0 aromatic heterocycles. The van der Waals surface area contributed by atoms with Gasteiger partial charge in [-0.15, -0.1) is 0 Å². The van der Waals surface area contributed by atoms with Gasteiger partial charge >= 0.3 is 0 Å². The van der Waals surface area contributed by atoms with E-state index >= 15 is 0 Å². The van der Waals surface area contributed by atoms with Crippen molar-refractivity contribution >= 4 is 5.91 Å². The molecule has 0 heterocycles. The fourth-order valence-electron chi connectivity index (χ4n) is 2.25. The quantitative estimate of drug-likeness (QED) is 0.788. The van der Waals surface area contributed by atoms with E-state index in [9.17, 15) is 4.79 Å². The Bertz CT molecular complexity index is 491. The van der Waals surface area contributed by atoms with Crippen LogP contribution in [0.5, 0.6) is 11.5 Å². The lowest BCUT2D eigenvalue weighted by Crippen LogP contribution is -2.70. The molecule has 1 aromatic rings. The number of amides is 1. The van der Waals surface area contributed by atoms with Crippen LogP contribution in [0.15, 0.2) is 18.2 Å². The van der Waals surface area contributed by atoms with Crippen LogP contribution in [0, 0.1) is 5.92 Å². The Kier molecular flexibility index (Phi) is 7.18. The van der Waals surface area contributed by atoms with Crippen molar-refractivity contribution in [1.29, 1.82) is 0 Å². The lowest BCUT2D eigenvalue weighted by molar-refractivity contribution is -0.417. The van der Waals surface area contributed by atoms with Crippen LogP contribution in [0.1, 0.15) is 25.8 Å². The Balaban J connectivity index is 2.64. The van der Waals surface area contributed by atoms with Crippen molar-refractivity contribution in [2.75, 3.05) is 27.8 Å². The van der Waals surface area contributed by atoms with Gasteiger partial charge in [0.2, 0.25) is 0 Å². The van der Waals surface area contributed by atoms with E-state index in [-0.39, 0.29) is 11.9 Å². The average Bonchev–Trinajstić information content (AvgIpc) is 2.56. The van der Waals surface area contributed by atoms with Crippen LogP contribution >= 0.6 is 0 Å². The van der Waals surface area contributed by atoms with Gasteiger partial charge in [-0.1, -0.05) is 19.9 Å². The molecular formula is C17H29N2O3+. The molecule has 0 aliphatic heterocycles. The van der Waals surface area contributed by atoms with E-state index in [0.29, 0.717) is 24.0 Å². The first-order valence-electron chi connectivity index (χ1n) is 7.73. The summed E-state index contributed by atoms with van der Waals surface area (Å²) in [5, 5.41) is 0. The van der Waals surface area contributed by atoms with Crippen molar-refractivity contribution in [2.24, 2.45) is 5.92 Å². The van der Waals surface area contributed by atoms with Crippen LogP contribution in [-0.4, -0.2) is 44.7 Å². The summed E-state index contributed by atoms with van der Waals surface area (Å²) in [5.41, 5.74) is 5.12. The highest BCUT2D eigenvalue weighted by molar-refractivity contribution is 5.80. The second-order valence-corrected chi connectivity index (χ2v) is 5.69. The number of rotatable bonds is 8. The van der Waals surface area contributed by atoms with Crippen molar-refractivity contribution in [3.8, 4) is 11.5 Å². The molecule has 0 saturated carbocycles. The number of nitrogens with zero attached hydrogens (tertiary/aromatic N) is 1. The maximum Gasteiger partial charge on any atom is 0.280 e. The normalized spacial score (nSPS) is 13.4. The number of ether oxygens (including phenoxy) is 2. The summed E-state index contributed by atoms with van der Waals surface area (Å²) >= 11 is 0. The van der Waals surface area contributed by atoms with Gasteiger partial charge in [-0.05, 0) is 30.5 Å². The Morgan fingerprint density at radius 1 is 1.27 bits per heavy atom. The van der Waals surface area contributed by atoms with Gasteiger partial charge in [0.25, 0.3) is 5.91 Å². The molecule has 5 heteroatoms. The highest BCUT2D eigenvalue weighted by Gasteiger charge is 2.26. The maximum atomic E-state index is 12.3. The first-order chi connectivity index (χ1) is 10.4. The molecule has 5 nitrogen and oxygen atoms in total. The SMILES string of the molecule is CC[C@H](C)[C@H]([NH3+])C(=O)N(C)CCc1ccc(OC)c(OC)c1. The molecule has 0 unspecified atom stereocenters. The minimum atomic E-state index is -0.180. The molecule has 0 aliphatic carbocycles. The second kappa shape index (κ2) is 8.63. The van der Waals surface area contributed by atoms with E-state index < -0.39 is 0 Å². The molecule has 1 amide bonds. The number of hydrogen-bond acceptors (Lipinski definition) is 3. The van der Waals surface area contributed by atoms with Crippen LogP contribution in [-0.2, 0) is 11.2 Å². The predicted octanol–water partition coefficient (Wildman–Crippen LogP) is 1.36. The van der Waals surface area contributed by atoms with E-state index in [1.807, 2.05) is 25.2 Å². The van der Waals surface area contributed by atoms with E-state index in [1.54, 1.807) is 19.1 Å². The monoisotopic (exact) mass is 309 g/mol. The van der Waals surface area contributed by atoms with Crippen LogP contribution in [0.3, 0.4) is 0 Å². The maximum absolute atomic E-state index is 12.3. The topological polar surface area (TPSA) is 66.4 Å². The van der Waals surface area contributed by atoms with Gasteiger partial charge < -0.3 is 20.1 Å². The third-order valence-electron chi connectivity index (χ3n) is 4.21. The molecule has 0 aliphatic rings. The fourth-order valence-corrected chi connectivity index (χ4v) is 2.25. The van der Waals surface area contributed by atoms with Crippen LogP contribution in [0.2, 0.25) is 0 Å². The van der Waals surface area contributed by atoms with Crippen LogP contribution in [0.4, 0.5) is 0 Å². The molecule has 124 valence electrons. The third-order valence-corrected chi connectivity index (χ3v) is 4.21. The number of carbonyl (C=O) groups excluding carboxylic acids is 1. The molecule has 22 heavy (non-hydrogen) atoms. The highest BCUT2D eigenvalue weighted by atomic mass is 16.5. The van der Waals surface area contributed by atoms with Gasteiger partial charge in [0.15, 0.2) is 17.5 Å². The summed E-state index contributed by atoms with van der Waals surface area (Å²) in [6.45, 7) is 4.81. The number of methoxy groups -OCH3 is 2. The first-order valence-corrected chi connectivity index (χ1v) is 7.73. The number of benzene rings is 1. The zero-order chi connectivity index (χ0) is 16.7. The summed E-state index contributed by atoms with van der Waals surface area (Å²) in [6.07, 6.45) is 1.74. The molecule has 2 atom stereocenters. The van der Waals surface area contributed by atoms with E-state index in [1.165, 1.54) is 0 Å². The van der Waals surface area contributed by atoms with Crippen molar-refractivity contribution in [2.45, 2.75) is 32.7 Å². The van der Waals surface area contributed by atoms with Crippen molar-refractivity contribution in [1.82, 2.24) is 4.90 Å². The molecule has 0 radical (unpaired) electrons.